The van der Waals surface area contributed by atoms with Gasteiger partial charge in [-0.3, -0.25) is 0 Å². The van der Waals surface area contributed by atoms with Gasteiger partial charge in [0.25, 0.3) is 0 Å². The van der Waals surface area contributed by atoms with E-state index in [1.807, 2.05) is 5.38 Å². The van der Waals surface area contributed by atoms with Crippen LogP contribution in [0, 0.1) is 0 Å². The van der Waals surface area contributed by atoms with Gasteiger partial charge in [0.15, 0.2) is 5.69 Å². The monoisotopic (exact) mass is 280 g/mol. The number of anilines is 1. The van der Waals surface area contributed by atoms with Crippen molar-refractivity contribution in [1.29, 1.82) is 0 Å². The molecule has 1 unspecified atom stereocenters. The lowest BCUT2D eigenvalue weighted by molar-refractivity contribution is 0.0521. The van der Waals surface area contributed by atoms with E-state index in [1.54, 1.807) is 35.4 Å². The molecule has 6 nitrogen and oxygen atoms in total. The van der Waals surface area contributed by atoms with Crippen LogP contribution in [0.2, 0.25) is 0 Å². The molecule has 1 atom stereocenters. The zero-order chi connectivity index (χ0) is 13.8. The highest BCUT2D eigenvalue weighted by Gasteiger charge is 2.18. The van der Waals surface area contributed by atoms with Crippen molar-refractivity contribution in [2.75, 3.05) is 12.3 Å². The molecular weight excluding hydrogens is 264 g/mol. The van der Waals surface area contributed by atoms with Crippen LogP contribution in [0.15, 0.2) is 17.9 Å². The number of hydrogen-bond donors (Lipinski definition) is 1. The fourth-order valence-corrected chi connectivity index (χ4v) is 2.43. The summed E-state index contributed by atoms with van der Waals surface area (Å²) in [5, 5.41) is 2.97. The number of hydrogen-bond acceptors (Lipinski definition) is 6. The Kier molecular flexibility index (Phi) is 4.16. The third kappa shape index (κ3) is 2.93. The van der Waals surface area contributed by atoms with Gasteiger partial charge in [0, 0.05) is 24.0 Å². The van der Waals surface area contributed by atoms with Gasteiger partial charge < -0.3 is 15.0 Å². The van der Waals surface area contributed by atoms with Gasteiger partial charge in [0.1, 0.15) is 5.82 Å². The largest absolute Gasteiger partial charge is 0.461 e. The molecule has 2 aromatic heterocycles. The maximum Gasteiger partial charge on any atom is 0.360 e. The molecule has 0 fully saturated rings. The molecule has 0 aliphatic rings. The SMILES string of the molecule is CCOC(=O)c1ncn(CC(C)c2nccs2)c1N. The average Bonchev–Trinajstić information content (AvgIpc) is 3.01. The van der Waals surface area contributed by atoms with E-state index in [0.29, 0.717) is 19.0 Å². The van der Waals surface area contributed by atoms with Gasteiger partial charge >= 0.3 is 5.97 Å². The van der Waals surface area contributed by atoms with Gasteiger partial charge in [-0.15, -0.1) is 11.3 Å². The van der Waals surface area contributed by atoms with Crippen LogP contribution in [0.1, 0.15) is 35.3 Å². The Hall–Kier alpha value is -1.89. The molecule has 0 saturated carbocycles. The Morgan fingerprint density at radius 3 is 3.00 bits per heavy atom. The number of nitrogens with two attached hydrogens (primary N) is 1. The van der Waals surface area contributed by atoms with Crippen molar-refractivity contribution in [1.82, 2.24) is 14.5 Å². The maximum absolute atomic E-state index is 11.6. The molecule has 102 valence electrons. The third-order valence-corrected chi connectivity index (χ3v) is 3.70. The number of nitrogen functional groups attached to an aromatic ring is 1. The number of nitrogens with zero attached hydrogens (tertiary/aromatic N) is 3. The second-order valence-electron chi connectivity index (χ2n) is 4.12. The van der Waals surface area contributed by atoms with E-state index in [4.69, 9.17) is 10.5 Å². The second-order valence-corrected chi connectivity index (χ2v) is 5.05. The van der Waals surface area contributed by atoms with Gasteiger partial charge in [0.2, 0.25) is 0 Å². The number of esters is 1. The normalized spacial score (nSPS) is 12.3. The highest BCUT2D eigenvalue weighted by Crippen LogP contribution is 2.22. The molecule has 0 bridgehead atoms. The zero-order valence-corrected chi connectivity index (χ0v) is 11.7. The van der Waals surface area contributed by atoms with E-state index >= 15 is 0 Å². The molecule has 0 amide bonds. The van der Waals surface area contributed by atoms with Gasteiger partial charge in [-0.25, -0.2) is 14.8 Å². The fourth-order valence-electron chi connectivity index (χ4n) is 1.74. The van der Waals surface area contributed by atoms with Crippen molar-refractivity contribution < 1.29 is 9.53 Å². The molecule has 0 radical (unpaired) electrons. The van der Waals surface area contributed by atoms with E-state index in [-0.39, 0.29) is 11.6 Å². The highest BCUT2D eigenvalue weighted by atomic mass is 32.1. The van der Waals surface area contributed by atoms with Crippen molar-refractivity contribution in [3.05, 3.63) is 28.6 Å². The number of thiazole rings is 1. The lowest BCUT2D eigenvalue weighted by Gasteiger charge is -2.10. The number of carbonyl (C=O) groups excluding carboxylic acids is 1. The Labute approximate surface area is 115 Å². The molecule has 0 aliphatic carbocycles. The summed E-state index contributed by atoms with van der Waals surface area (Å²) >= 11 is 1.60. The van der Waals surface area contributed by atoms with Crippen molar-refractivity contribution in [2.24, 2.45) is 0 Å². The molecule has 2 N–H and O–H groups in total. The first-order valence-corrected chi connectivity index (χ1v) is 6.88. The molecule has 0 spiro atoms. The van der Waals surface area contributed by atoms with Crippen LogP contribution in [0.25, 0.3) is 0 Å². The Balaban J connectivity index is 2.12. The first-order valence-electron chi connectivity index (χ1n) is 6.00. The van der Waals surface area contributed by atoms with Gasteiger partial charge in [-0.2, -0.15) is 0 Å². The Morgan fingerprint density at radius 2 is 2.37 bits per heavy atom. The first-order chi connectivity index (χ1) is 9.13. The lowest BCUT2D eigenvalue weighted by Crippen LogP contribution is -2.12. The molecule has 2 aromatic rings. The first kappa shape index (κ1) is 13.5. The summed E-state index contributed by atoms with van der Waals surface area (Å²) < 4.78 is 6.64. The summed E-state index contributed by atoms with van der Waals surface area (Å²) in [4.78, 5) is 19.9. The minimum Gasteiger partial charge on any atom is -0.461 e. The summed E-state index contributed by atoms with van der Waals surface area (Å²) in [7, 11) is 0. The van der Waals surface area contributed by atoms with Crippen molar-refractivity contribution in [2.45, 2.75) is 26.3 Å². The summed E-state index contributed by atoms with van der Waals surface area (Å²) in [6.45, 7) is 4.74. The van der Waals surface area contributed by atoms with Gasteiger partial charge in [-0.1, -0.05) is 6.92 Å². The molecule has 2 heterocycles. The van der Waals surface area contributed by atoms with E-state index in [0.717, 1.165) is 5.01 Å². The number of rotatable bonds is 5. The smallest absolute Gasteiger partial charge is 0.360 e. The topological polar surface area (TPSA) is 83.0 Å². The molecule has 7 heteroatoms. The number of carbonyl (C=O) groups is 1. The lowest BCUT2D eigenvalue weighted by atomic mass is 10.2. The Morgan fingerprint density at radius 1 is 1.58 bits per heavy atom. The Bertz CT molecular complexity index is 550. The fraction of sp³-hybridized carbons (Fsp3) is 0.417. The third-order valence-electron chi connectivity index (χ3n) is 2.69. The van der Waals surface area contributed by atoms with E-state index < -0.39 is 5.97 Å². The number of ether oxygens (including phenoxy) is 1. The second kappa shape index (κ2) is 5.83. The van der Waals surface area contributed by atoms with Crippen molar-refractivity contribution in [3.63, 3.8) is 0 Å². The van der Waals surface area contributed by atoms with Crippen LogP contribution >= 0.6 is 11.3 Å². The minimum atomic E-state index is -0.486. The molecule has 0 aliphatic heterocycles. The van der Waals surface area contributed by atoms with Crippen LogP contribution in [0.3, 0.4) is 0 Å². The molecule has 19 heavy (non-hydrogen) atoms. The maximum atomic E-state index is 11.6. The standard InChI is InChI=1S/C12H16N4O2S/c1-3-18-12(17)9-10(13)16(7-15-9)6-8(2)11-14-4-5-19-11/h4-5,7-8H,3,6,13H2,1-2H3. The van der Waals surface area contributed by atoms with Crippen LogP contribution < -0.4 is 5.73 Å². The quantitative estimate of drug-likeness (QED) is 0.846. The molecule has 0 aromatic carbocycles. The summed E-state index contributed by atoms with van der Waals surface area (Å²) in [5.41, 5.74) is 6.09. The van der Waals surface area contributed by atoms with Crippen LogP contribution in [-0.4, -0.2) is 27.1 Å². The van der Waals surface area contributed by atoms with Gasteiger partial charge in [-0.05, 0) is 6.92 Å². The minimum absolute atomic E-state index is 0.174. The van der Waals surface area contributed by atoms with Crippen LogP contribution in [0.5, 0.6) is 0 Å². The van der Waals surface area contributed by atoms with E-state index in [2.05, 4.69) is 16.9 Å². The zero-order valence-electron chi connectivity index (χ0n) is 10.9. The van der Waals surface area contributed by atoms with Crippen LogP contribution in [-0.2, 0) is 11.3 Å². The number of imidazole rings is 1. The van der Waals surface area contributed by atoms with Crippen LogP contribution in [0.4, 0.5) is 5.82 Å². The van der Waals surface area contributed by atoms with Crippen molar-refractivity contribution >= 4 is 23.1 Å². The average molecular weight is 280 g/mol. The molecule has 2 rings (SSSR count). The highest BCUT2D eigenvalue weighted by molar-refractivity contribution is 7.09. The molecular formula is C12H16N4O2S. The van der Waals surface area contributed by atoms with E-state index in [1.165, 1.54) is 0 Å². The van der Waals surface area contributed by atoms with E-state index in [9.17, 15) is 4.79 Å². The summed E-state index contributed by atoms with van der Waals surface area (Å²) in [5.74, 6) is 0.0639. The summed E-state index contributed by atoms with van der Waals surface area (Å²) in [6.07, 6.45) is 3.34. The summed E-state index contributed by atoms with van der Waals surface area (Å²) in [6, 6.07) is 0. The van der Waals surface area contributed by atoms with Crippen molar-refractivity contribution in [3.8, 4) is 0 Å². The molecule has 0 saturated heterocycles. The predicted octanol–water partition coefficient (Wildman–Crippen LogP) is 1.90. The number of aromatic nitrogens is 3. The van der Waals surface area contributed by atoms with Gasteiger partial charge in [0.05, 0.1) is 17.9 Å². The predicted molar refractivity (Wildman–Crippen MR) is 73.1 cm³/mol.